The lowest BCUT2D eigenvalue weighted by molar-refractivity contribution is -0.149. The largest absolute Gasteiger partial charge is 0.467 e. The van der Waals surface area contributed by atoms with E-state index in [4.69, 9.17) is 4.74 Å². The molecule has 0 aliphatic heterocycles. The van der Waals surface area contributed by atoms with Gasteiger partial charge in [0.15, 0.2) is 0 Å². The maximum Gasteiger partial charge on any atom is 0.331 e. The van der Waals surface area contributed by atoms with Gasteiger partial charge in [-0.3, -0.25) is 4.79 Å². The second-order valence-corrected chi connectivity index (χ2v) is 5.71. The first-order chi connectivity index (χ1) is 9.09. The summed E-state index contributed by atoms with van der Waals surface area (Å²) in [6, 6.07) is 0. The molecule has 0 saturated heterocycles. The number of hydrogen-bond donors (Lipinski definition) is 1. The molecule has 5 nitrogen and oxygen atoms in total. The van der Waals surface area contributed by atoms with E-state index < -0.39 is 5.54 Å². The van der Waals surface area contributed by atoms with Crippen molar-refractivity contribution in [3.63, 3.8) is 0 Å². The van der Waals surface area contributed by atoms with Crippen LogP contribution >= 0.6 is 11.3 Å². The Hall–Kier alpha value is -1.43. The van der Waals surface area contributed by atoms with E-state index in [9.17, 15) is 9.59 Å². The number of nitrogens with one attached hydrogen (secondary N) is 1. The summed E-state index contributed by atoms with van der Waals surface area (Å²) in [5, 5.41) is 2.88. The average molecular weight is 282 g/mol. The molecular formula is C13H18N2O3S. The Morgan fingerprint density at radius 2 is 2.05 bits per heavy atom. The third-order valence-electron chi connectivity index (χ3n) is 3.59. The van der Waals surface area contributed by atoms with E-state index in [0.29, 0.717) is 23.4 Å². The molecule has 1 aliphatic rings. The highest BCUT2D eigenvalue weighted by atomic mass is 32.1. The first-order valence-corrected chi connectivity index (χ1v) is 7.28. The predicted octanol–water partition coefficient (Wildman–Crippen LogP) is 2.06. The third kappa shape index (κ3) is 2.78. The van der Waals surface area contributed by atoms with Gasteiger partial charge in [0.1, 0.15) is 10.4 Å². The molecule has 1 heterocycles. The molecule has 6 heteroatoms. The fraction of sp³-hybridized carbons (Fsp3) is 0.615. The zero-order valence-corrected chi connectivity index (χ0v) is 12.0. The number of ether oxygens (including phenoxy) is 1. The third-order valence-corrected chi connectivity index (χ3v) is 4.52. The molecule has 1 aromatic rings. The Kier molecular flexibility index (Phi) is 4.19. The second-order valence-electron chi connectivity index (χ2n) is 4.86. The first kappa shape index (κ1) is 14.0. The van der Waals surface area contributed by atoms with Crippen LogP contribution < -0.4 is 5.32 Å². The number of esters is 1. The number of methoxy groups -OCH3 is 1. The molecule has 0 radical (unpaired) electrons. The van der Waals surface area contributed by atoms with Gasteiger partial charge in [-0.15, -0.1) is 11.3 Å². The minimum atomic E-state index is -0.861. The van der Waals surface area contributed by atoms with Gasteiger partial charge in [-0.2, -0.15) is 0 Å². The number of aryl methyl sites for hydroxylation is 1. The molecule has 0 bridgehead atoms. The fourth-order valence-electron chi connectivity index (χ4n) is 2.52. The maximum atomic E-state index is 12.3. The van der Waals surface area contributed by atoms with Gasteiger partial charge in [0.2, 0.25) is 0 Å². The number of carbonyl (C=O) groups excluding carboxylic acids is 2. The minimum absolute atomic E-state index is 0.229. The van der Waals surface area contributed by atoms with Crippen molar-refractivity contribution in [1.82, 2.24) is 10.3 Å². The van der Waals surface area contributed by atoms with Gasteiger partial charge < -0.3 is 10.1 Å². The number of rotatable bonds is 3. The summed E-state index contributed by atoms with van der Waals surface area (Å²) in [5.74, 6) is -0.574. The molecule has 104 valence electrons. The van der Waals surface area contributed by atoms with E-state index in [2.05, 4.69) is 10.3 Å². The van der Waals surface area contributed by atoms with Crippen LogP contribution in [-0.4, -0.2) is 29.5 Å². The highest BCUT2D eigenvalue weighted by Gasteiger charge is 2.42. The zero-order chi connectivity index (χ0) is 13.9. The number of nitrogens with zero attached hydrogens (tertiary/aromatic N) is 1. The zero-order valence-electron chi connectivity index (χ0n) is 11.2. The van der Waals surface area contributed by atoms with Crippen LogP contribution in [0.4, 0.5) is 0 Å². The predicted molar refractivity (Wildman–Crippen MR) is 72.1 cm³/mol. The van der Waals surface area contributed by atoms with Crippen LogP contribution in [0.25, 0.3) is 0 Å². The number of aromatic nitrogens is 1. The Morgan fingerprint density at radius 3 is 2.58 bits per heavy atom. The lowest BCUT2D eigenvalue weighted by atomic mass is 9.81. The lowest BCUT2D eigenvalue weighted by Crippen LogP contribution is -2.56. The Bertz CT molecular complexity index is 478. The smallest absolute Gasteiger partial charge is 0.331 e. The molecule has 1 saturated carbocycles. The molecule has 1 aliphatic carbocycles. The van der Waals surface area contributed by atoms with Crippen LogP contribution in [0.15, 0.2) is 5.51 Å². The van der Waals surface area contributed by atoms with Crippen LogP contribution in [-0.2, 0) is 9.53 Å². The van der Waals surface area contributed by atoms with E-state index in [1.165, 1.54) is 18.4 Å². The summed E-state index contributed by atoms with van der Waals surface area (Å²) < 4.78 is 4.88. The van der Waals surface area contributed by atoms with E-state index in [0.717, 1.165) is 19.3 Å². The summed E-state index contributed by atoms with van der Waals surface area (Å²) in [5.41, 5.74) is 1.47. The molecule has 1 N–H and O–H groups in total. The van der Waals surface area contributed by atoms with Gasteiger partial charge >= 0.3 is 5.97 Å². The van der Waals surface area contributed by atoms with E-state index in [-0.39, 0.29) is 11.9 Å². The van der Waals surface area contributed by atoms with Crippen molar-refractivity contribution in [3.05, 3.63) is 16.1 Å². The molecule has 0 spiro atoms. The summed E-state index contributed by atoms with van der Waals surface area (Å²) >= 11 is 1.29. The van der Waals surface area contributed by atoms with E-state index in [1.54, 1.807) is 12.4 Å². The molecule has 2 rings (SSSR count). The van der Waals surface area contributed by atoms with Crippen molar-refractivity contribution in [2.75, 3.05) is 7.11 Å². The summed E-state index contributed by atoms with van der Waals surface area (Å²) in [7, 11) is 1.36. The van der Waals surface area contributed by atoms with Gasteiger partial charge in [-0.25, -0.2) is 9.78 Å². The van der Waals surface area contributed by atoms with Crippen molar-refractivity contribution in [3.8, 4) is 0 Å². The first-order valence-electron chi connectivity index (χ1n) is 6.40. The Morgan fingerprint density at radius 1 is 1.37 bits per heavy atom. The minimum Gasteiger partial charge on any atom is -0.467 e. The van der Waals surface area contributed by atoms with Crippen molar-refractivity contribution < 1.29 is 14.3 Å². The molecule has 19 heavy (non-hydrogen) atoms. The molecule has 0 unspecified atom stereocenters. The quantitative estimate of drug-likeness (QED) is 0.862. The molecule has 0 atom stereocenters. The Balaban J connectivity index is 2.19. The normalized spacial score (nSPS) is 17.8. The van der Waals surface area contributed by atoms with Crippen molar-refractivity contribution in [2.45, 2.75) is 44.6 Å². The van der Waals surface area contributed by atoms with Gasteiger partial charge in [0, 0.05) is 0 Å². The van der Waals surface area contributed by atoms with Gasteiger partial charge in [-0.1, -0.05) is 19.3 Å². The van der Waals surface area contributed by atoms with E-state index in [1.807, 2.05) is 0 Å². The SMILES string of the molecule is COC(=O)C1(NC(=O)c2scnc2C)CCCCC1. The molecule has 0 aromatic carbocycles. The molecule has 1 aromatic heterocycles. The van der Waals surface area contributed by atoms with Crippen molar-refractivity contribution in [2.24, 2.45) is 0 Å². The topological polar surface area (TPSA) is 68.3 Å². The summed E-state index contributed by atoms with van der Waals surface area (Å²) in [4.78, 5) is 28.9. The monoisotopic (exact) mass is 282 g/mol. The van der Waals surface area contributed by atoms with Gasteiger partial charge in [0.25, 0.3) is 5.91 Å². The number of hydrogen-bond acceptors (Lipinski definition) is 5. The highest BCUT2D eigenvalue weighted by Crippen LogP contribution is 2.30. The number of amides is 1. The van der Waals surface area contributed by atoms with Crippen LogP contribution in [0, 0.1) is 6.92 Å². The van der Waals surface area contributed by atoms with Crippen molar-refractivity contribution >= 4 is 23.2 Å². The lowest BCUT2D eigenvalue weighted by Gasteiger charge is -2.35. The van der Waals surface area contributed by atoms with Crippen LogP contribution in [0.2, 0.25) is 0 Å². The number of thiazole rings is 1. The standard InChI is InChI=1S/C13H18N2O3S/c1-9-10(19-8-14-9)11(16)15-13(12(17)18-2)6-4-3-5-7-13/h8H,3-7H2,1-2H3,(H,15,16). The van der Waals surface area contributed by atoms with E-state index >= 15 is 0 Å². The summed E-state index contributed by atoms with van der Waals surface area (Å²) in [6.45, 7) is 1.79. The molecular weight excluding hydrogens is 264 g/mol. The van der Waals surface area contributed by atoms with Crippen LogP contribution in [0.1, 0.15) is 47.5 Å². The second kappa shape index (κ2) is 5.69. The van der Waals surface area contributed by atoms with Gasteiger partial charge in [0.05, 0.1) is 18.3 Å². The van der Waals surface area contributed by atoms with Crippen molar-refractivity contribution in [1.29, 1.82) is 0 Å². The van der Waals surface area contributed by atoms with Gasteiger partial charge in [-0.05, 0) is 19.8 Å². The molecule has 1 amide bonds. The highest BCUT2D eigenvalue weighted by molar-refractivity contribution is 7.11. The molecule has 1 fully saturated rings. The number of carbonyl (C=O) groups is 2. The van der Waals surface area contributed by atoms with Crippen LogP contribution in [0.5, 0.6) is 0 Å². The fourth-order valence-corrected chi connectivity index (χ4v) is 3.22. The summed E-state index contributed by atoms with van der Waals surface area (Å²) in [6.07, 6.45) is 4.23. The average Bonchev–Trinajstić information content (AvgIpc) is 2.85. The maximum absolute atomic E-state index is 12.3. The van der Waals surface area contributed by atoms with Crippen LogP contribution in [0.3, 0.4) is 0 Å². The Labute approximate surface area is 116 Å².